The van der Waals surface area contributed by atoms with E-state index in [-0.39, 0.29) is 5.78 Å². The van der Waals surface area contributed by atoms with Crippen molar-refractivity contribution in [2.24, 2.45) is 0 Å². The van der Waals surface area contributed by atoms with Crippen molar-refractivity contribution in [1.29, 1.82) is 0 Å². The zero-order chi connectivity index (χ0) is 10.4. The second-order valence-corrected chi connectivity index (χ2v) is 3.73. The fraction of sp³-hybridized carbons (Fsp3) is 0.0769. The minimum Gasteiger partial charge on any atom is -0.287 e. The fourth-order valence-electron chi connectivity index (χ4n) is 2.13. The number of carbonyl (C=O) groups is 1. The Morgan fingerprint density at radius 3 is 2.73 bits per heavy atom. The number of hydrogen-bond donors (Lipinski definition) is 0. The number of hydrogen-bond acceptors (Lipinski definition) is 2. The lowest BCUT2D eigenvalue weighted by Gasteiger charge is -2.02. The topological polar surface area (TPSA) is 30.0 Å². The quantitative estimate of drug-likeness (QED) is 0.552. The molecule has 3 rings (SSSR count). The summed E-state index contributed by atoms with van der Waals surface area (Å²) < 4.78 is 0. The molecule has 0 radical (unpaired) electrons. The van der Waals surface area contributed by atoms with E-state index >= 15 is 0 Å². The van der Waals surface area contributed by atoms with Gasteiger partial charge in [-0.3, -0.25) is 9.78 Å². The highest BCUT2D eigenvalue weighted by Gasteiger charge is 2.28. The highest BCUT2D eigenvalue weighted by atomic mass is 16.1. The smallest absolute Gasteiger partial charge is 0.212 e. The Morgan fingerprint density at radius 2 is 1.87 bits per heavy atom. The number of nitrogens with zero attached hydrogens (tertiary/aromatic N) is 1. The number of rotatable bonds is 0. The number of pyridine rings is 1. The summed E-state index contributed by atoms with van der Waals surface area (Å²) in [6, 6.07) is 9.63. The lowest BCUT2D eigenvalue weighted by Crippen LogP contribution is -1.97. The molecule has 0 unspecified atom stereocenters. The van der Waals surface area contributed by atoms with Crippen LogP contribution in [-0.2, 0) is 0 Å². The SMILES string of the molecule is Cc1cccc2c1-c1cccnc1C2=O. The van der Waals surface area contributed by atoms with Crippen LogP contribution in [-0.4, -0.2) is 10.8 Å². The van der Waals surface area contributed by atoms with E-state index in [1.807, 2.05) is 37.3 Å². The van der Waals surface area contributed by atoms with Crippen LogP contribution in [0.3, 0.4) is 0 Å². The largest absolute Gasteiger partial charge is 0.287 e. The van der Waals surface area contributed by atoms with Gasteiger partial charge in [-0.15, -0.1) is 0 Å². The molecule has 0 spiro atoms. The molecule has 0 N–H and O–H groups in total. The van der Waals surface area contributed by atoms with E-state index < -0.39 is 0 Å². The predicted octanol–water partition coefficient (Wildman–Crippen LogP) is 2.60. The van der Waals surface area contributed by atoms with Crippen molar-refractivity contribution in [3.8, 4) is 11.1 Å². The summed E-state index contributed by atoms with van der Waals surface area (Å²) in [4.78, 5) is 16.1. The van der Waals surface area contributed by atoms with E-state index in [9.17, 15) is 4.79 Å². The average Bonchev–Trinajstić information content (AvgIpc) is 2.55. The molecule has 72 valence electrons. The molecular weight excluding hydrogens is 186 g/mol. The number of benzene rings is 1. The van der Waals surface area contributed by atoms with Gasteiger partial charge in [0.25, 0.3) is 0 Å². The van der Waals surface area contributed by atoms with Gasteiger partial charge in [0.1, 0.15) is 5.69 Å². The first-order valence-electron chi connectivity index (χ1n) is 4.89. The van der Waals surface area contributed by atoms with Gasteiger partial charge in [-0.1, -0.05) is 24.3 Å². The summed E-state index contributed by atoms with van der Waals surface area (Å²) in [5.74, 6) is 0.0456. The Kier molecular flexibility index (Phi) is 1.54. The van der Waals surface area contributed by atoms with Crippen molar-refractivity contribution < 1.29 is 4.79 Å². The van der Waals surface area contributed by atoms with Gasteiger partial charge >= 0.3 is 0 Å². The van der Waals surface area contributed by atoms with E-state index in [0.29, 0.717) is 5.69 Å². The van der Waals surface area contributed by atoms with Crippen molar-refractivity contribution >= 4 is 5.78 Å². The van der Waals surface area contributed by atoms with E-state index in [2.05, 4.69) is 4.98 Å². The maximum absolute atomic E-state index is 12.0. The fourth-order valence-corrected chi connectivity index (χ4v) is 2.13. The molecule has 0 saturated carbocycles. The van der Waals surface area contributed by atoms with Crippen LogP contribution < -0.4 is 0 Å². The molecule has 1 aliphatic rings. The summed E-state index contributed by atoms with van der Waals surface area (Å²) in [7, 11) is 0. The number of aromatic nitrogens is 1. The van der Waals surface area contributed by atoms with Gasteiger partial charge in [0.15, 0.2) is 0 Å². The first-order valence-corrected chi connectivity index (χ1v) is 4.89. The zero-order valence-corrected chi connectivity index (χ0v) is 8.32. The molecule has 0 amide bonds. The lowest BCUT2D eigenvalue weighted by atomic mass is 10.0. The number of fused-ring (bicyclic) bond motifs is 3. The van der Waals surface area contributed by atoms with E-state index in [1.54, 1.807) is 6.20 Å². The van der Waals surface area contributed by atoms with Crippen molar-refractivity contribution in [1.82, 2.24) is 4.98 Å². The second-order valence-electron chi connectivity index (χ2n) is 3.73. The van der Waals surface area contributed by atoms with E-state index in [1.165, 1.54) is 0 Å². The number of ketones is 1. The van der Waals surface area contributed by atoms with Gasteiger partial charge in [-0.2, -0.15) is 0 Å². The molecule has 1 aliphatic carbocycles. The zero-order valence-electron chi connectivity index (χ0n) is 8.32. The summed E-state index contributed by atoms with van der Waals surface area (Å²) in [5, 5.41) is 0. The summed E-state index contributed by atoms with van der Waals surface area (Å²) in [6.45, 7) is 2.02. The molecule has 0 fully saturated rings. The highest BCUT2D eigenvalue weighted by Crippen LogP contribution is 2.37. The van der Waals surface area contributed by atoms with Crippen LogP contribution >= 0.6 is 0 Å². The van der Waals surface area contributed by atoms with Crippen LogP contribution in [0.5, 0.6) is 0 Å². The standard InChI is InChI=1S/C13H9NO/c1-8-4-2-5-10-11(8)9-6-3-7-14-12(9)13(10)15/h2-7H,1H3. The number of aryl methyl sites for hydroxylation is 1. The average molecular weight is 195 g/mol. The Hall–Kier alpha value is -1.96. The van der Waals surface area contributed by atoms with Crippen LogP contribution in [0.2, 0.25) is 0 Å². The molecule has 0 bridgehead atoms. The van der Waals surface area contributed by atoms with Crippen LogP contribution in [0, 0.1) is 6.92 Å². The first kappa shape index (κ1) is 8.36. The summed E-state index contributed by atoms with van der Waals surface area (Å²) >= 11 is 0. The third kappa shape index (κ3) is 0.988. The van der Waals surface area contributed by atoms with Gasteiger partial charge in [-0.25, -0.2) is 0 Å². The molecule has 1 aromatic carbocycles. The first-order chi connectivity index (χ1) is 7.29. The third-order valence-electron chi connectivity index (χ3n) is 2.81. The van der Waals surface area contributed by atoms with Crippen molar-refractivity contribution in [2.45, 2.75) is 6.92 Å². The highest BCUT2D eigenvalue weighted by molar-refractivity contribution is 6.20. The lowest BCUT2D eigenvalue weighted by molar-refractivity contribution is 0.103. The van der Waals surface area contributed by atoms with Crippen molar-refractivity contribution in [3.63, 3.8) is 0 Å². The van der Waals surface area contributed by atoms with Gasteiger partial charge < -0.3 is 0 Å². The minimum absolute atomic E-state index is 0.0456. The van der Waals surface area contributed by atoms with Gasteiger partial charge in [-0.05, 0) is 24.1 Å². The van der Waals surface area contributed by atoms with Crippen LogP contribution in [0.4, 0.5) is 0 Å². The molecule has 0 aliphatic heterocycles. The Bertz CT molecular complexity index is 572. The molecule has 0 saturated heterocycles. The maximum atomic E-state index is 12.0. The predicted molar refractivity (Wildman–Crippen MR) is 57.8 cm³/mol. The van der Waals surface area contributed by atoms with E-state index in [0.717, 1.165) is 22.3 Å². The molecular formula is C13H9NO. The minimum atomic E-state index is 0.0456. The third-order valence-corrected chi connectivity index (χ3v) is 2.81. The van der Waals surface area contributed by atoms with Gasteiger partial charge in [0.2, 0.25) is 5.78 Å². The Balaban J connectivity index is 2.45. The van der Waals surface area contributed by atoms with Crippen LogP contribution in [0.1, 0.15) is 21.6 Å². The molecule has 2 heteroatoms. The molecule has 2 nitrogen and oxygen atoms in total. The van der Waals surface area contributed by atoms with Crippen molar-refractivity contribution in [2.75, 3.05) is 0 Å². The van der Waals surface area contributed by atoms with Gasteiger partial charge in [0.05, 0.1) is 0 Å². The van der Waals surface area contributed by atoms with Gasteiger partial charge in [0, 0.05) is 17.3 Å². The summed E-state index contributed by atoms with van der Waals surface area (Å²) in [6.07, 6.45) is 1.66. The molecule has 1 heterocycles. The Labute approximate surface area is 87.6 Å². The molecule has 15 heavy (non-hydrogen) atoms. The van der Waals surface area contributed by atoms with Crippen LogP contribution in [0.25, 0.3) is 11.1 Å². The molecule has 1 aromatic heterocycles. The van der Waals surface area contributed by atoms with Crippen LogP contribution in [0.15, 0.2) is 36.5 Å². The summed E-state index contributed by atoms with van der Waals surface area (Å²) in [5.41, 5.74) is 4.51. The van der Waals surface area contributed by atoms with Crippen molar-refractivity contribution in [3.05, 3.63) is 53.3 Å². The van der Waals surface area contributed by atoms with E-state index in [4.69, 9.17) is 0 Å². The monoisotopic (exact) mass is 195 g/mol. The normalized spacial score (nSPS) is 12.5. The Morgan fingerprint density at radius 1 is 1.07 bits per heavy atom. The maximum Gasteiger partial charge on any atom is 0.212 e. The molecule has 0 atom stereocenters. The molecule has 2 aromatic rings. The number of carbonyl (C=O) groups excluding carboxylic acids is 1. The second kappa shape index (κ2) is 2.76.